The lowest BCUT2D eigenvalue weighted by Crippen LogP contribution is -2.13. The van der Waals surface area contributed by atoms with E-state index in [0.29, 0.717) is 0 Å². The molecule has 0 saturated carbocycles. The van der Waals surface area contributed by atoms with E-state index in [2.05, 4.69) is 25.2 Å². The first-order chi connectivity index (χ1) is 8.72. The number of methoxy groups -OCH3 is 2. The molecule has 0 aliphatic rings. The van der Waals surface area contributed by atoms with Gasteiger partial charge in [0.05, 0.1) is 14.2 Å². The summed E-state index contributed by atoms with van der Waals surface area (Å²) in [5.74, 6) is 1.73. The fraction of sp³-hybridized carbons (Fsp3) is 0.467. The Morgan fingerprint density at radius 1 is 1.28 bits per heavy atom. The lowest BCUT2D eigenvalue weighted by atomic mass is 10.0. The lowest BCUT2D eigenvalue weighted by Gasteiger charge is -2.11. The molecule has 100 valence electrons. The van der Waals surface area contributed by atoms with Gasteiger partial charge < -0.3 is 14.8 Å². The molecule has 0 saturated heterocycles. The number of hydrogen-bond acceptors (Lipinski definition) is 3. The van der Waals surface area contributed by atoms with Crippen LogP contribution in [-0.2, 0) is 0 Å². The third-order valence-corrected chi connectivity index (χ3v) is 2.85. The molecule has 0 spiro atoms. The molecule has 0 aliphatic carbocycles. The van der Waals surface area contributed by atoms with Crippen molar-refractivity contribution in [3.63, 3.8) is 0 Å². The molecule has 0 radical (unpaired) electrons. The van der Waals surface area contributed by atoms with Gasteiger partial charge in [0, 0.05) is 5.56 Å². The van der Waals surface area contributed by atoms with E-state index < -0.39 is 0 Å². The van der Waals surface area contributed by atoms with E-state index in [1.807, 2.05) is 18.2 Å². The molecule has 1 rings (SSSR count). The average Bonchev–Trinajstić information content (AvgIpc) is 2.42. The van der Waals surface area contributed by atoms with Gasteiger partial charge in [-0.3, -0.25) is 0 Å². The maximum atomic E-state index is 5.38. The van der Waals surface area contributed by atoms with Crippen LogP contribution in [0.25, 0.3) is 5.57 Å². The maximum absolute atomic E-state index is 5.38. The summed E-state index contributed by atoms with van der Waals surface area (Å²) >= 11 is 0. The number of rotatable bonds is 7. The van der Waals surface area contributed by atoms with Crippen LogP contribution in [0.3, 0.4) is 0 Å². The Bertz CT molecular complexity index is 399. The zero-order valence-corrected chi connectivity index (χ0v) is 11.7. The van der Waals surface area contributed by atoms with E-state index >= 15 is 0 Å². The molecule has 0 fully saturated rings. The second-order valence-corrected chi connectivity index (χ2v) is 4.10. The minimum atomic E-state index is 0.852. The van der Waals surface area contributed by atoms with Crippen LogP contribution >= 0.6 is 0 Å². The fourth-order valence-electron chi connectivity index (χ4n) is 1.80. The summed E-state index contributed by atoms with van der Waals surface area (Å²) in [6.07, 6.45) is 3.24. The van der Waals surface area contributed by atoms with E-state index in [-0.39, 0.29) is 0 Å². The molecule has 1 aromatic rings. The maximum Gasteiger partial charge on any atom is 0.126 e. The molecule has 1 aromatic carbocycles. The molecule has 3 heteroatoms. The monoisotopic (exact) mass is 249 g/mol. The van der Waals surface area contributed by atoms with Gasteiger partial charge in [-0.2, -0.15) is 0 Å². The van der Waals surface area contributed by atoms with Crippen LogP contribution in [0.5, 0.6) is 11.5 Å². The van der Waals surface area contributed by atoms with Crippen LogP contribution in [0, 0.1) is 0 Å². The summed E-state index contributed by atoms with van der Waals surface area (Å²) in [6.45, 7) is 6.22. The summed E-state index contributed by atoms with van der Waals surface area (Å²) in [7, 11) is 3.37. The van der Waals surface area contributed by atoms with Crippen LogP contribution in [0.15, 0.2) is 24.3 Å². The van der Waals surface area contributed by atoms with Crippen molar-refractivity contribution in [1.29, 1.82) is 0 Å². The van der Waals surface area contributed by atoms with Crippen molar-refractivity contribution in [2.45, 2.75) is 20.3 Å². The van der Waals surface area contributed by atoms with E-state index in [9.17, 15) is 0 Å². The largest absolute Gasteiger partial charge is 0.497 e. The Morgan fingerprint density at radius 2 is 2.06 bits per heavy atom. The molecule has 0 unspecified atom stereocenters. The summed E-state index contributed by atoms with van der Waals surface area (Å²) in [5.41, 5.74) is 2.30. The summed E-state index contributed by atoms with van der Waals surface area (Å²) in [4.78, 5) is 0. The Labute approximate surface area is 110 Å². The molecule has 0 aromatic heterocycles. The summed E-state index contributed by atoms with van der Waals surface area (Å²) < 4.78 is 10.6. The van der Waals surface area contributed by atoms with Crippen molar-refractivity contribution in [3.8, 4) is 11.5 Å². The highest BCUT2D eigenvalue weighted by atomic mass is 16.5. The van der Waals surface area contributed by atoms with Crippen molar-refractivity contribution in [1.82, 2.24) is 5.32 Å². The zero-order valence-electron chi connectivity index (χ0n) is 11.7. The Morgan fingerprint density at radius 3 is 2.67 bits per heavy atom. The first kappa shape index (κ1) is 14.6. The van der Waals surface area contributed by atoms with Gasteiger partial charge in [-0.25, -0.2) is 0 Å². The van der Waals surface area contributed by atoms with Gasteiger partial charge in [0.25, 0.3) is 0 Å². The van der Waals surface area contributed by atoms with E-state index in [0.717, 1.165) is 36.6 Å². The minimum absolute atomic E-state index is 0.852. The van der Waals surface area contributed by atoms with Gasteiger partial charge >= 0.3 is 0 Å². The average molecular weight is 249 g/mol. The first-order valence-electron chi connectivity index (χ1n) is 6.32. The van der Waals surface area contributed by atoms with Crippen molar-refractivity contribution >= 4 is 5.57 Å². The number of benzene rings is 1. The van der Waals surface area contributed by atoms with Gasteiger partial charge in [0.2, 0.25) is 0 Å². The second kappa shape index (κ2) is 7.77. The van der Waals surface area contributed by atoms with E-state index in [1.165, 1.54) is 5.57 Å². The number of nitrogens with one attached hydrogen (secondary N) is 1. The number of allylic oxidation sites excluding steroid dienone is 1. The topological polar surface area (TPSA) is 30.5 Å². The predicted octanol–water partition coefficient (Wildman–Crippen LogP) is 3.11. The van der Waals surface area contributed by atoms with Crippen molar-refractivity contribution < 1.29 is 9.47 Å². The molecule has 1 N–H and O–H groups in total. The first-order valence-corrected chi connectivity index (χ1v) is 6.32. The van der Waals surface area contributed by atoms with Crippen LogP contribution in [0.2, 0.25) is 0 Å². The van der Waals surface area contributed by atoms with Crippen LogP contribution in [-0.4, -0.2) is 27.3 Å². The third kappa shape index (κ3) is 4.08. The van der Waals surface area contributed by atoms with Gasteiger partial charge in [0.1, 0.15) is 11.5 Å². The van der Waals surface area contributed by atoms with Crippen molar-refractivity contribution in [2.75, 3.05) is 27.3 Å². The van der Waals surface area contributed by atoms with Gasteiger partial charge in [0.15, 0.2) is 0 Å². The molecule has 18 heavy (non-hydrogen) atoms. The van der Waals surface area contributed by atoms with Crippen molar-refractivity contribution in [2.24, 2.45) is 0 Å². The number of ether oxygens (including phenoxy) is 2. The third-order valence-electron chi connectivity index (χ3n) is 2.85. The lowest BCUT2D eigenvalue weighted by molar-refractivity contribution is 0.402. The van der Waals surface area contributed by atoms with Crippen LogP contribution in [0.4, 0.5) is 0 Å². The van der Waals surface area contributed by atoms with Gasteiger partial charge in [-0.1, -0.05) is 13.0 Å². The van der Waals surface area contributed by atoms with Crippen LogP contribution in [0.1, 0.15) is 25.8 Å². The molecular formula is C15H23NO2. The molecule has 3 nitrogen and oxygen atoms in total. The van der Waals surface area contributed by atoms with E-state index in [1.54, 1.807) is 14.2 Å². The normalized spacial score (nSPS) is 11.4. The Balaban J connectivity index is 2.84. The smallest absolute Gasteiger partial charge is 0.126 e. The molecule has 0 heterocycles. The van der Waals surface area contributed by atoms with Gasteiger partial charge in [-0.15, -0.1) is 0 Å². The summed E-state index contributed by atoms with van der Waals surface area (Å²) in [5, 5.41) is 3.31. The highest BCUT2D eigenvalue weighted by Crippen LogP contribution is 2.29. The van der Waals surface area contributed by atoms with Crippen molar-refractivity contribution in [3.05, 3.63) is 29.8 Å². The standard InChI is InChI=1S/C15H23NO2/c1-5-16-10-6-7-12(2)14-11-13(17-3)8-9-15(14)18-4/h7-9,11,16H,5-6,10H2,1-4H3. The number of hydrogen-bond donors (Lipinski definition) is 1. The fourth-order valence-corrected chi connectivity index (χ4v) is 1.80. The quantitative estimate of drug-likeness (QED) is 0.753. The molecule has 0 bridgehead atoms. The summed E-state index contributed by atoms with van der Waals surface area (Å²) in [6, 6.07) is 5.86. The molecule has 0 atom stereocenters. The highest BCUT2D eigenvalue weighted by Gasteiger charge is 2.06. The highest BCUT2D eigenvalue weighted by molar-refractivity contribution is 5.70. The van der Waals surface area contributed by atoms with Crippen LogP contribution < -0.4 is 14.8 Å². The second-order valence-electron chi connectivity index (χ2n) is 4.10. The minimum Gasteiger partial charge on any atom is -0.497 e. The zero-order chi connectivity index (χ0) is 13.4. The Hall–Kier alpha value is -1.48. The molecule has 0 aliphatic heterocycles. The van der Waals surface area contributed by atoms with E-state index in [4.69, 9.17) is 9.47 Å². The SMILES string of the molecule is CCNCCC=C(C)c1cc(OC)ccc1OC. The van der Waals surface area contributed by atoms with Gasteiger partial charge in [-0.05, 0) is 50.2 Å². The molecule has 0 amide bonds. The Kier molecular flexibility index (Phi) is 6.29. The predicted molar refractivity (Wildman–Crippen MR) is 76.4 cm³/mol. The molecular weight excluding hydrogens is 226 g/mol.